The SMILES string of the molecule is Clc1ccccc1OCCN1CCCCC1c1cn[nH]c1. The Morgan fingerprint density at radius 2 is 2.24 bits per heavy atom. The zero-order valence-electron chi connectivity index (χ0n) is 12.0. The average molecular weight is 306 g/mol. The molecule has 5 heteroatoms. The molecular weight excluding hydrogens is 286 g/mol. The van der Waals surface area contributed by atoms with Crippen molar-refractivity contribution < 1.29 is 4.74 Å². The van der Waals surface area contributed by atoms with E-state index in [4.69, 9.17) is 16.3 Å². The third-order valence-electron chi connectivity index (χ3n) is 3.99. The Bertz CT molecular complexity index is 558. The van der Waals surface area contributed by atoms with E-state index < -0.39 is 0 Å². The van der Waals surface area contributed by atoms with Crippen LogP contribution in [0.4, 0.5) is 0 Å². The molecule has 0 spiro atoms. The highest BCUT2D eigenvalue weighted by Crippen LogP contribution is 2.30. The van der Waals surface area contributed by atoms with Gasteiger partial charge in [-0.05, 0) is 31.5 Å². The number of hydrogen-bond donors (Lipinski definition) is 1. The van der Waals surface area contributed by atoms with Crippen LogP contribution in [0.1, 0.15) is 30.9 Å². The van der Waals surface area contributed by atoms with Crippen LogP contribution in [0.2, 0.25) is 5.02 Å². The van der Waals surface area contributed by atoms with Crippen LogP contribution in [0, 0.1) is 0 Å². The zero-order chi connectivity index (χ0) is 14.5. The Morgan fingerprint density at radius 3 is 3.05 bits per heavy atom. The summed E-state index contributed by atoms with van der Waals surface area (Å²) < 4.78 is 5.81. The van der Waals surface area contributed by atoms with Crippen LogP contribution in [0.25, 0.3) is 0 Å². The lowest BCUT2D eigenvalue weighted by Crippen LogP contribution is -2.36. The fourth-order valence-corrected chi connectivity index (χ4v) is 3.10. The molecule has 1 aromatic heterocycles. The van der Waals surface area contributed by atoms with Gasteiger partial charge in [-0.3, -0.25) is 10.00 Å². The minimum absolute atomic E-state index is 0.451. The van der Waals surface area contributed by atoms with Gasteiger partial charge in [0, 0.05) is 24.3 Å². The Labute approximate surface area is 130 Å². The maximum Gasteiger partial charge on any atom is 0.137 e. The van der Waals surface area contributed by atoms with Crippen molar-refractivity contribution in [1.82, 2.24) is 15.1 Å². The fraction of sp³-hybridized carbons (Fsp3) is 0.438. The van der Waals surface area contributed by atoms with Crippen molar-refractivity contribution in [3.8, 4) is 5.75 Å². The first-order chi connectivity index (χ1) is 10.3. The molecule has 0 bridgehead atoms. The van der Waals surface area contributed by atoms with Crippen LogP contribution in [-0.4, -0.2) is 34.8 Å². The number of halogens is 1. The molecule has 1 unspecified atom stereocenters. The van der Waals surface area contributed by atoms with Crippen LogP contribution in [0.3, 0.4) is 0 Å². The molecule has 2 heterocycles. The minimum Gasteiger partial charge on any atom is -0.491 e. The molecule has 1 atom stereocenters. The van der Waals surface area contributed by atoms with E-state index in [1.807, 2.05) is 36.7 Å². The lowest BCUT2D eigenvalue weighted by Gasteiger charge is -2.35. The second-order valence-corrected chi connectivity index (χ2v) is 5.77. The topological polar surface area (TPSA) is 41.1 Å². The first-order valence-corrected chi connectivity index (χ1v) is 7.82. The normalized spacial score (nSPS) is 19.6. The summed E-state index contributed by atoms with van der Waals surface area (Å²) in [7, 11) is 0. The van der Waals surface area contributed by atoms with Gasteiger partial charge in [-0.1, -0.05) is 30.2 Å². The second-order valence-electron chi connectivity index (χ2n) is 5.36. The molecule has 1 fully saturated rings. The van der Waals surface area contributed by atoms with Crippen molar-refractivity contribution in [3.05, 3.63) is 47.2 Å². The molecular formula is C16H20ClN3O. The molecule has 4 nitrogen and oxygen atoms in total. The Hall–Kier alpha value is -1.52. The number of aromatic nitrogens is 2. The van der Waals surface area contributed by atoms with E-state index in [2.05, 4.69) is 15.1 Å². The summed E-state index contributed by atoms with van der Waals surface area (Å²) >= 11 is 6.10. The van der Waals surface area contributed by atoms with Crippen molar-refractivity contribution in [3.63, 3.8) is 0 Å². The van der Waals surface area contributed by atoms with E-state index in [0.717, 1.165) is 18.8 Å². The largest absolute Gasteiger partial charge is 0.491 e. The Morgan fingerprint density at radius 1 is 1.33 bits per heavy atom. The summed E-state index contributed by atoms with van der Waals surface area (Å²) in [5.74, 6) is 0.760. The molecule has 3 rings (SSSR count). The van der Waals surface area contributed by atoms with Crippen molar-refractivity contribution in [1.29, 1.82) is 0 Å². The van der Waals surface area contributed by atoms with Gasteiger partial charge >= 0.3 is 0 Å². The number of nitrogens with one attached hydrogen (secondary N) is 1. The lowest BCUT2D eigenvalue weighted by molar-refractivity contribution is 0.123. The second kappa shape index (κ2) is 6.96. The summed E-state index contributed by atoms with van der Waals surface area (Å²) in [5, 5.41) is 7.65. The monoisotopic (exact) mass is 305 g/mol. The van der Waals surface area contributed by atoms with E-state index in [1.54, 1.807) is 0 Å². The minimum atomic E-state index is 0.451. The summed E-state index contributed by atoms with van der Waals surface area (Å²) in [6.45, 7) is 2.67. The van der Waals surface area contributed by atoms with Crippen molar-refractivity contribution >= 4 is 11.6 Å². The van der Waals surface area contributed by atoms with E-state index in [0.29, 0.717) is 17.7 Å². The van der Waals surface area contributed by atoms with Crippen LogP contribution in [-0.2, 0) is 0 Å². The maximum absolute atomic E-state index is 6.10. The predicted octanol–water partition coefficient (Wildman–Crippen LogP) is 3.67. The van der Waals surface area contributed by atoms with E-state index in [1.165, 1.54) is 24.8 Å². The molecule has 1 saturated heterocycles. The molecule has 0 amide bonds. The summed E-state index contributed by atoms with van der Waals surface area (Å²) in [4.78, 5) is 2.48. The highest BCUT2D eigenvalue weighted by Gasteiger charge is 2.24. The van der Waals surface area contributed by atoms with Crippen LogP contribution in [0.5, 0.6) is 5.75 Å². The molecule has 0 saturated carbocycles. The summed E-state index contributed by atoms with van der Waals surface area (Å²) in [6.07, 6.45) is 7.64. The molecule has 0 radical (unpaired) electrons. The first-order valence-electron chi connectivity index (χ1n) is 7.44. The number of aromatic amines is 1. The van der Waals surface area contributed by atoms with Gasteiger partial charge in [-0.15, -0.1) is 0 Å². The zero-order valence-corrected chi connectivity index (χ0v) is 12.7. The molecule has 1 aliphatic rings. The maximum atomic E-state index is 6.10. The average Bonchev–Trinajstić information content (AvgIpc) is 3.04. The number of hydrogen-bond acceptors (Lipinski definition) is 3. The van der Waals surface area contributed by atoms with Gasteiger partial charge in [0.15, 0.2) is 0 Å². The highest BCUT2D eigenvalue weighted by molar-refractivity contribution is 6.32. The lowest BCUT2D eigenvalue weighted by atomic mass is 9.98. The van der Waals surface area contributed by atoms with Crippen molar-refractivity contribution in [2.75, 3.05) is 19.7 Å². The smallest absolute Gasteiger partial charge is 0.137 e. The standard InChI is InChI=1S/C16H20ClN3O/c17-14-5-1-2-7-16(14)21-10-9-20-8-4-3-6-15(20)13-11-18-19-12-13/h1-2,5,7,11-12,15H,3-4,6,8-10H2,(H,18,19). The quantitative estimate of drug-likeness (QED) is 0.916. The number of para-hydroxylation sites is 1. The predicted molar refractivity (Wildman–Crippen MR) is 83.7 cm³/mol. The number of likely N-dealkylation sites (tertiary alicyclic amines) is 1. The number of H-pyrrole nitrogens is 1. The molecule has 1 aliphatic heterocycles. The molecule has 112 valence electrons. The van der Waals surface area contributed by atoms with Crippen LogP contribution in [0.15, 0.2) is 36.7 Å². The molecule has 1 N–H and O–H groups in total. The third kappa shape index (κ3) is 3.57. The fourth-order valence-electron chi connectivity index (χ4n) is 2.91. The summed E-state index contributed by atoms with van der Waals surface area (Å²) in [6, 6.07) is 8.07. The summed E-state index contributed by atoms with van der Waals surface area (Å²) in [5.41, 5.74) is 1.27. The van der Waals surface area contributed by atoms with Crippen molar-refractivity contribution in [2.45, 2.75) is 25.3 Å². The number of nitrogens with zero attached hydrogens (tertiary/aromatic N) is 2. The van der Waals surface area contributed by atoms with Gasteiger partial charge < -0.3 is 4.74 Å². The van der Waals surface area contributed by atoms with Crippen LogP contribution < -0.4 is 4.74 Å². The van der Waals surface area contributed by atoms with Gasteiger partial charge in [0.05, 0.1) is 11.2 Å². The van der Waals surface area contributed by atoms with E-state index in [-0.39, 0.29) is 0 Å². The Kier molecular flexibility index (Phi) is 4.78. The third-order valence-corrected chi connectivity index (χ3v) is 4.30. The van der Waals surface area contributed by atoms with Crippen molar-refractivity contribution in [2.24, 2.45) is 0 Å². The van der Waals surface area contributed by atoms with E-state index >= 15 is 0 Å². The molecule has 2 aromatic rings. The molecule has 0 aliphatic carbocycles. The van der Waals surface area contributed by atoms with E-state index in [9.17, 15) is 0 Å². The highest BCUT2D eigenvalue weighted by atomic mass is 35.5. The number of rotatable bonds is 5. The Balaban J connectivity index is 1.57. The first kappa shape index (κ1) is 14.4. The van der Waals surface area contributed by atoms with Gasteiger partial charge in [-0.2, -0.15) is 5.10 Å². The van der Waals surface area contributed by atoms with Gasteiger partial charge in [0.25, 0.3) is 0 Å². The van der Waals surface area contributed by atoms with Gasteiger partial charge in [0.2, 0.25) is 0 Å². The van der Waals surface area contributed by atoms with Gasteiger partial charge in [0.1, 0.15) is 12.4 Å². The van der Waals surface area contributed by atoms with Gasteiger partial charge in [-0.25, -0.2) is 0 Å². The number of ether oxygens (including phenoxy) is 1. The number of benzene rings is 1. The number of piperidine rings is 1. The van der Waals surface area contributed by atoms with Crippen LogP contribution >= 0.6 is 11.6 Å². The molecule has 21 heavy (non-hydrogen) atoms. The molecule has 1 aromatic carbocycles.